The predicted octanol–water partition coefficient (Wildman–Crippen LogP) is 5.36. The third-order valence-corrected chi connectivity index (χ3v) is 3.34. The van der Waals surface area contributed by atoms with Crippen molar-refractivity contribution in [1.29, 1.82) is 0 Å². The molecular formula is C20H36CuN2O4. The molecule has 0 bridgehead atoms. The van der Waals surface area contributed by atoms with E-state index >= 15 is 0 Å². The Morgan fingerprint density at radius 1 is 0.963 bits per heavy atom. The standard InChI is InChI=1S/C8H16N.C8H12N.2C2H4O2.Cu/c2*1-6-4-7(2)9-8(3)5-6;2*1-2(3)4;/h6-8H,4-5H2,1-3H3;4-5,7H,1-3H3;2*1H3,(H,3,4);/q2*-1;;;+2. The van der Waals surface area contributed by atoms with Crippen LogP contribution in [0, 0.1) is 5.92 Å². The molecule has 2 aliphatic rings. The normalized spacial score (nSPS) is 25.6. The molecule has 1 saturated heterocycles. The minimum absolute atomic E-state index is 0. The van der Waals surface area contributed by atoms with Gasteiger partial charge in [0, 0.05) is 13.8 Å². The minimum Gasteiger partial charge on any atom is -0.682 e. The largest absolute Gasteiger partial charge is 2.00 e. The fourth-order valence-electron chi connectivity index (χ4n) is 2.97. The van der Waals surface area contributed by atoms with Gasteiger partial charge in [0.1, 0.15) is 0 Å². The molecule has 2 aliphatic heterocycles. The molecule has 0 amide bonds. The second-order valence-electron chi connectivity index (χ2n) is 7.03. The van der Waals surface area contributed by atoms with Crippen molar-refractivity contribution in [1.82, 2.24) is 0 Å². The maximum absolute atomic E-state index is 9.00. The van der Waals surface area contributed by atoms with Gasteiger partial charge in [0.25, 0.3) is 11.9 Å². The Morgan fingerprint density at radius 2 is 1.33 bits per heavy atom. The van der Waals surface area contributed by atoms with Crippen LogP contribution in [0.5, 0.6) is 0 Å². The SMILES string of the molecule is CC(=O)O.CC(=O)O.CC1=CC(C)[N-]C(C)=C1.CC1CC(C)[N-]C(C)C1.[Cu+2]. The fourth-order valence-corrected chi connectivity index (χ4v) is 2.97. The van der Waals surface area contributed by atoms with Crippen LogP contribution in [0.25, 0.3) is 10.6 Å². The molecule has 7 heteroatoms. The summed E-state index contributed by atoms with van der Waals surface area (Å²) in [7, 11) is 0. The molecular weight excluding hydrogens is 396 g/mol. The summed E-state index contributed by atoms with van der Waals surface area (Å²) in [5, 5.41) is 23.7. The third-order valence-electron chi connectivity index (χ3n) is 3.34. The molecule has 1 radical (unpaired) electrons. The Morgan fingerprint density at radius 3 is 1.59 bits per heavy atom. The first-order chi connectivity index (χ1) is 11.8. The van der Waals surface area contributed by atoms with Gasteiger partial charge in [0.05, 0.1) is 0 Å². The number of hydrogen-bond donors (Lipinski definition) is 2. The Balaban J connectivity index is -0.000000303. The summed E-state index contributed by atoms with van der Waals surface area (Å²) >= 11 is 0. The molecule has 2 N–H and O–H groups in total. The van der Waals surface area contributed by atoms with Gasteiger partial charge in [0.2, 0.25) is 0 Å². The van der Waals surface area contributed by atoms with Gasteiger partial charge < -0.3 is 20.8 Å². The summed E-state index contributed by atoms with van der Waals surface area (Å²) in [5.74, 6) is -0.771. The number of hydrogen-bond acceptors (Lipinski definition) is 2. The summed E-state index contributed by atoms with van der Waals surface area (Å²) in [6.07, 6.45) is 6.85. The quantitative estimate of drug-likeness (QED) is 0.504. The Labute approximate surface area is 175 Å². The second-order valence-corrected chi connectivity index (χ2v) is 7.03. The second kappa shape index (κ2) is 16.8. The molecule has 6 nitrogen and oxygen atoms in total. The number of carboxylic acids is 2. The Hall–Kier alpha value is -1.30. The number of aliphatic carboxylic acids is 2. The van der Waals surface area contributed by atoms with Gasteiger partial charge in [-0.15, -0.1) is 18.1 Å². The van der Waals surface area contributed by atoms with Gasteiger partial charge in [-0.1, -0.05) is 65.2 Å². The topological polar surface area (TPSA) is 103 Å². The molecule has 3 unspecified atom stereocenters. The van der Waals surface area contributed by atoms with Gasteiger partial charge in [-0.25, -0.2) is 0 Å². The molecule has 161 valence electrons. The fraction of sp³-hybridized carbons (Fsp3) is 0.700. The third kappa shape index (κ3) is 24.7. The number of nitrogens with zero attached hydrogens (tertiary/aromatic N) is 2. The molecule has 2 heterocycles. The minimum atomic E-state index is -0.833. The van der Waals surface area contributed by atoms with Gasteiger partial charge in [0.15, 0.2) is 0 Å². The van der Waals surface area contributed by atoms with Crippen molar-refractivity contribution in [3.63, 3.8) is 0 Å². The van der Waals surface area contributed by atoms with E-state index < -0.39 is 11.9 Å². The van der Waals surface area contributed by atoms with Crippen LogP contribution in [-0.4, -0.2) is 40.3 Å². The summed E-state index contributed by atoms with van der Waals surface area (Å²) in [6.45, 7) is 15.2. The zero-order valence-corrected chi connectivity index (χ0v) is 18.7. The number of carbonyl (C=O) groups is 2. The van der Waals surface area contributed by atoms with Crippen LogP contribution in [0.4, 0.5) is 0 Å². The van der Waals surface area contributed by atoms with Crippen LogP contribution < -0.4 is 0 Å². The summed E-state index contributed by atoms with van der Waals surface area (Å²) in [5.41, 5.74) is 2.47. The van der Waals surface area contributed by atoms with Crippen molar-refractivity contribution in [2.45, 2.75) is 86.4 Å². The molecule has 27 heavy (non-hydrogen) atoms. The molecule has 1 fully saturated rings. The van der Waals surface area contributed by atoms with E-state index in [1.165, 1.54) is 18.4 Å². The first-order valence-electron chi connectivity index (χ1n) is 9.00. The number of carboxylic acid groups (broad SMARTS) is 2. The van der Waals surface area contributed by atoms with E-state index in [9.17, 15) is 0 Å². The van der Waals surface area contributed by atoms with E-state index in [1.54, 1.807) is 0 Å². The van der Waals surface area contributed by atoms with Crippen molar-refractivity contribution >= 4 is 11.9 Å². The van der Waals surface area contributed by atoms with E-state index in [0.29, 0.717) is 18.1 Å². The van der Waals surface area contributed by atoms with Gasteiger partial charge in [-0.05, 0) is 12.8 Å². The van der Waals surface area contributed by atoms with Gasteiger partial charge in [-0.2, -0.15) is 5.70 Å². The van der Waals surface area contributed by atoms with E-state index in [4.69, 9.17) is 19.8 Å². The maximum Gasteiger partial charge on any atom is 2.00 e. The first-order valence-corrected chi connectivity index (χ1v) is 9.00. The van der Waals surface area contributed by atoms with Crippen LogP contribution in [-0.2, 0) is 26.7 Å². The molecule has 0 saturated carbocycles. The number of piperidine rings is 1. The Bertz CT molecular complexity index is 447. The maximum atomic E-state index is 9.00. The molecule has 3 atom stereocenters. The molecule has 0 aromatic carbocycles. The van der Waals surface area contributed by atoms with Crippen molar-refractivity contribution < 1.29 is 36.9 Å². The molecule has 0 aromatic heterocycles. The molecule has 0 aliphatic carbocycles. The monoisotopic (exact) mass is 431 g/mol. The smallest absolute Gasteiger partial charge is 0.682 e. The summed E-state index contributed by atoms with van der Waals surface area (Å²) in [4.78, 5) is 18.0. The van der Waals surface area contributed by atoms with Crippen LogP contribution >= 0.6 is 0 Å². The first kappa shape index (κ1) is 30.4. The van der Waals surface area contributed by atoms with Gasteiger partial charge in [-0.3, -0.25) is 9.59 Å². The van der Waals surface area contributed by atoms with Crippen molar-refractivity contribution in [2.24, 2.45) is 5.92 Å². The van der Waals surface area contributed by atoms with Crippen LogP contribution in [0.15, 0.2) is 23.4 Å². The zero-order chi connectivity index (χ0) is 20.9. The van der Waals surface area contributed by atoms with E-state index in [2.05, 4.69) is 57.4 Å². The predicted molar refractivity (Wildman–Crippen MR) is 108 cm³/mol. The summed E-state index contributed by atoms with van der Waals surface area (Å²) in [6, 6.07) is 1.61. The number of allylic oxidation sites excluding steroid dienone is 3. The molecule has 0 aromatic rings. The van der Waals surface area contributed by atoms with E-state index in [-0.39, 0.29) is 17.1 Å². The van der Waals surface area contributed by atoms with Crippen molar-refractivity contribution in [2.75, 3.05) is 0 Å². The van der Waals surface area contributed by atoms with Crippen molar-refractivity contribution in [3.8, 4) is 0 Å². The molecule has 0 spiro atoms. The van der Waals surface area contributed by atoms with E-state index in [1.807, 2.05) is 6.92 Å². The average Bonchev–Trinajstić information content (AvgIpc) is 2.33. The summed E-state index contributed by atoms with van der Waals surface area (Å²) < 4.78 is 0. The average molecular weight is 432 g/mol. The Kier molecular flexibility index (Phi) is 19.0. The van der Waals surface area contributed by atoms with Crippen LogP contribution in [0.2, 0.25) is 0 Å². The van der Waals surface area contributed by atoms with Crippen LogP contribution in [0.3, 0.4) is 0 Å². The zero-order valence-electron chi connectivity index (χ0n) is 17.8. The van der Waals surface area contributed by atoms with E-state index in [0.717, 1.165) is 25.5 Å². The number of rotatable bonds is 0. The van der Waals surface area contributed by atoms with Crippen molar-refractivity contribution in [3.05, 3.63) is 34.1 Å². The molecule has 2 rings (SSSR count). The van der Waals surface area contributed by atoms with Gasteiger partial charge >= 0.3 is 17.1 Å². The van der Waals surface area contributed by atoms with Crippen LogP contribution in [0.1, 0.15) is 68.2 Å².